The number of hydrogen-bond donors (Lipinski definition) is 2. The molecule has 4 nitrogen and oxygen atoms in total. The number of aliphatic carboxylic acids is 1. The first-order valence-corrected chi connectivity index (χ1v) is 7.47. The number of hydroxylamine groups is 1. The van der Waals surface area contributed by atoms with Crippen molar-refractivity contribution in [2.75, 3.05) is 5.06 Å². The summed E-state index contributed by atoms with van der Waals surface area (Å²) < 4.78 is 0. The summed E-state index contributed by atoms with van der Waals surface area (Å²) >= 11 is 0. The molecule has 1 aliphatic heterocycles. The molecule has 4 heteroatoms. The van der Waals surface area contributed by atoms with Crippen LogP contribution < -0.4 is 5.06 Å². The summed E-state index contributed by atoms with van der Waals surface area (Å²) in [5.74, 6) is -1.02. The minimum absolute atomic E-state index is 0.316. The molecule has 23 heavy (non-hydrogen) atoms. The van der Waals surface area contributed by atoms with Crippen molar-refractivity contribution in [2.45, 2.75) is 12.5 Å². The first-order valence-electron chi connectivity index (χ1n) is 7.47. The van der Waals surface area contributed by atoms with Crippen LogP contribution in [0, 0.1) is 0 Å². The molecule has 3 aromatic rings. The first kappa shape index (κ1) is 13.8. The van der Waals surface area contributed by atoms with Crippen molar-refractivity contribution < 1.29 is 15.1 Å². The topological polar surface area (TPSA) is 60.8 Å². The van der Waals surface area contributed by atoms with E-state index in [0.717, 1.165) is 32.5 Å². The van der Waals surface area contributed by atoms with Crippen molar-refractivity contribution in [3.8, 4) is 11.1 Å². The summed E-state index contributed by atoms with van der Waals surface area (Å²) in [5.41, 5.74) is 3.45. The molecule has 3 aromatic carbocycles. The number of anilines is 1. The van der Waals surface area contributed by atoms with Gasteiger partial charge < -0.3 is 5.11 Å². The number of hydrogen-bond acceptors (Lipinski definition) is 3. The second kappa shape index (κ2) is 5.11. The minimum Gasteiger partial charge on any atom is -0.480 e. The molecule has 0 aromatic heterocycles. The first-order chi connectivity index (χ1) is 11.1. The quantitative estimate of drug-likeness (QED) is 0.757. The highest BCUT2D eigenvalue weighted by atomic mass is 16.5. The third kappa shape index (κ3) is 2.15. The van der Waals surface area contributed by atoms with Crippen LogP contribution in [-0.2, 0) is 11.2 Å². The van der Waals surface area contributed by atoms with E-state index in [1.165, 1.54) is 0 Å². The van der Waals surface area contributed by atoms with Gasteiger partial charge >= 0.3 is 5.97 Å². The lowest BCUT2D eigenvalue weighted by Gasteiger charge is -2.16. The zero-order chi connectivity index (χ0) is 16.0. The van der Waals surface area contributed by atoms with Gasteiger partial charge in [-0.05, 0) is 33.5 Å². The molecule has 0 bridgehead atoms. The van der Waals surface area contributed by atoms with Crippen molar-refractivity contribution in [3.63, 3.8) is 0 Å². The van der Waals surface area contributed by atoms with Gasteiger partial charge in [0.2, 0.25) is 0 Å². The van der Waals surface area contributed by atoms with Gasteiger partial charge in [0.25, 0.3) is 0 Å². The molecule has 1 unspecified atom stereocenters. The van der Waals surface area contributed by atoms with Gasteiger partial charge in [-0.3, -0.25) is 5.21 Å². The van der Waals surface area contributed by atoms with Gasteiger partial charge in [0.05, 0.1) is 5.69 Å². The fourth-order valence-corrected chi connectivity index (χ4v) is 3.25. The van der Waals surface area contributed by atoms with Gasteiger partial charge in [-0.1, -0.05) is 54.6 Å². The lowest BCUT2D eigenvalue weighted by atomic mass is 9.97. The van der Waals surface area contributed by atoms with Gasteiger partial charge in [-0.15, -0.1) is 0 Å². The molecule has 1 heterocycles. The predicted octanol–water partition coefficient (Wildman–Crippen LogP) is 3.71. The summed E-state index contributed by atoms with van der Waals surface area (Å²) in [5, 5.41) is 22.5. The highest BCUT2D eigenvalue weighted by Crippen LogP contribution is 2.36. The number of carboxylic acids is 1. The third-order valence-corrected chi connectivity index (χ3v) is 4.43. The Bertz CT molecular complexity index is 914. The Labute approximate surface area is 133 Å². The molecule has 0 saturated heterocycles. The van der Waals surface area contributed by atoms with E-state index >= 15 is 0 Å². The van der Waals surface area contributed by atoms with Gasteiger partial charge in [0, 0.05) is 6.42 Å². The summed E-state index contributed by atoms with van der Waals surface area (Å²) in [6.45, 7) is 0. The molecule has 1 atom stereocenters. The molecule has 0 amide bonds. The van der Waals surface area contributed by atoms with E-state index in [0.29, 0.717) is 12.1 Å². The van der Waals surface area contributed by atoms with Crippen molar-refractivity contribution >= 4 is 22.4 Å². The normalized spacial score (nSPS) is 16.6. The second-order valence-electron chi connectivity index (χ2n) is 5.77. The average Bonchev–Trinajstić information content (AvgIpc) is 2.91. The van der Waals surface area contributed by atoms with Gasteiger partial charge in [0.1, 0.15) is 0 Å². The van der Waals surface area contributed by atoms with Crippen LogP contribution in [0.15, 0.2) is 60.7 Å². The lowest BCUT2D eigenvalue weighted by Crippen LogP contribution is -2.35. The molecule has 0 saturated carbocycles. The standard InChI is InChI=1S/C19H15NO3/c21-19(22)18-11-14-9-8-13(10-17(14)20(18)23)16-7-3-5-12-4-1-2-6-15(12)16/h1-10,18,23H,11H2,(H,21,22). The predicted molar refractivity (Wildman–Crippen MR) is 88.8 cm³/mol. The fraction of sp³-hybridized carbons (Fsp3) is 0.105. The summed E-state index contributed by atoms with van der Waals surface area (Å²) in [7, 11) is 0. The molecule has 114 valence electrons. The van der Waals surface area contributed by atoms with Crippen LogP contribution in [0.2, 0.25) is 0 Å². The molecule has 4 rings (SSSR count). The minimum atomic E-state index is -1.02. The number of fused-ring (bicyclic) bond motifs is 2. The lowest BCUT2D eigenvalue weighted by molar-refractivity contribution is -0.139. The maximum atomic E-state index is 11.2. The largest absolute Gasteiger partial charge is 0.480 e. The Kier molecular flexibility index (Phi) is 3.06. The zero-order valence-corrected chi connectivity index (χ0v) is 12.3. The number of carbonyl (C=O) groups is 1. The van der Waals surface area contributed by atoms with Crippen LogP contribution in [0.5, 0.6) is 0 Å². The number of benzene rings is 3. The van der Waals surface area contributed by atoms with Crippen LogP contribution in [0.1, 0.15) is 5.56 Å². The van der Waals surface area contributed by atoms with E-state index in [4.69, 9.17) is 0 Å². The van der Waals surface area contributed by atoms with Crippen LogP contribution in [0.4, 0.5) is 5.69 Å². The van der Waals surface area contributed by atoms with Gasteiger partial charge in [0.15, 0.2) is 6.04 Å². The number of carboxylic acid groups (broad SMARTS) is 1. The van der Waals surface area contributed by atoms with Crippen molar-refractivity contribution in [1.82, 2.24) is 0 Å². The average molecular weight is 305 g/mol. The highest BCUT2D eigenvalue weighted by molar-refractivity contribution is 5.97. The molecule has 2 N–H and O–H groups in total. The summed E-state index contributed by atoms with van der Waals surface area (Å²) in [4.78, 5) is 11.2. The molecule has 0 fully saturated rings. The Morgan fingerprint density at radius 1 is 1.04 bits per heavy atom. The van der Waals surface area contributed by atoms with E-state index in [-0.39, 0.29) is 0 Å². The SMILES string of the molecule is O=C(O)C1Cc2ccc(-c3cccc4ccccc34)cc2N1O. The van der Waals surface area contributed by atoms with E-state index in [1.54, 1.807) is 0 Å². The molecule has 0 aliphatic carbocycles. The van der Waals surface area contributed by atoms with Crippen LogP contribution in [0.25, 0.3) is 21.9 Å². The number of nitrogens with zero attached hydrogens (tertiary/aromatic N) is 1. The van der Waals surface area contributed by atoms with Crippen LogP contribution in [0.3, 0.4) is 0 Å². The van der Waals surface area contributed by atoms with Crippen LogP contribution in [-0.4, -0.2) is 22.3 Å². The summed E-state index contributed by atoms with van der Waals surface area (Å²) in [6.07, 6.45) is 0.316. The Morgan fingerprint density at radius 2 is 1.83 bits per heavy atom. The number of rotatable bonds is 2. The smallest absolute Gasteiger partial charge is 0.329 e. The van der Waals surface area contributed by atoms with Gasteiger partial charge in [-0.25, -0.2) is 9.86 Å². The zero-order valence-electron chi connectivity index (χ0n) is 12.3. The van der Waals surface area contributed by atoms with E-state index in [2.05, 4.69) is 18.2 Å². The van der Waals surface area contributed by atoms with E-state index in [9.17, 15) is 15.1 Å². The Morgan fingerprint density at radius 3 is 2.65 bits per heavy atom. The Balaban J connectivity index is 1.85. The third-order valence-electron chi connectivity index (χ3n) is 4.43. The fourth-order valence-electron chi connectivity index (χ4n) is 3.25. The van der Waals surface area contributed by atoms with Gasteiger partial charge in [-0.2, -0.15) is 0 Å². The molecular weight excluding hydrogens is 290 g/mol. The monoisotopic (exact) mass is 305 g/mol. The van der Waals surface area contributed by atoms with E-state index in [1.807, 2.05) is 42.5 Å². The van der Waals surface area contributed by atoms with Crippen molar-refractivity contribution in [1.29, 1.82) is 0 Å². The maximum Gasteiger partial charge on any atom is 0.329 e. The molecular formula is C19H15NO3. The van der Waals surface area contributed by atoms with Crippen molar-refractivity contribution in [2.24, 2.45) is 0 Å². The highest BCUT2D eigenvalue weighted by Gasteiger charge is 2.34. The van der Waals surface area contributed by atoms with Crippen molar-refractivity contribution in [3.05, 3.63) is 66.2 Å². The molecule has 0 radical (unpaired) electrons. The maximum absolute atomic E-state index is 11.2. The molecule has 1 aliphatic rings. The van der Waals surface area contributed by atoms with E-state index < -0.39 is 12.0 Å². The van der Waals surface area contributed by atoms with Crippen LogP contribution >= 0.6 is 0 Å². The second-order valence-corrected chi connectivity index (χ2v) is 5.77. The summed E-state index contributed by atoms with van der Waals surface area (Å²) in [6, 6.07) is 19.1. The molecule has 0 spiro atoms. The Hall–Kier alpha value is -2.85.